The molecule has 0 aromatic rings. The van der Waals surface area contributed by atoms with Crippen LogP contribution in [0.15, 0.2) is 0 Å². The van der Waals surface area contributed by atoms with E-state index in [1.807, 2.05) is 0 Å². The van der Waals surface area contributed by atoms with Gasteiger partial charge in [-0.1, -0.05) is 13.3 Å². The minimum atomic E-state index is -1.49. The summed E-state index contributed by atoms with van der Waals surface area (Å²) in [5.41, 5.74) is 0. The molecule has 0 heterocycles. The molecule has 5 heteroatoms. The molecule has 0 unspecified atom stereocenters. The summed E-state index contributed by atoms with van der Waals surface area (Å²) in [5, 5.41) is 0. The Morgan fingerprint density at radius 3 is 1.50 bits per heavy atom. The van der Waals surface area contributed by atoms with Crippen LogP contribution in [0.5, 0.6) is 0 Å². The van der Waals surface area contributed by atoms with Crippen molar-refractivity contribution in [1.82, 2.24) is 0 Å². The van der Waals surface area contributed by atoms with E-state index in [9.17, 15) is 0 Å². The van der Waals surface area contributed by atoms with E-state index in [1.54, 1.807) is 0 Å². The predicted molar refractivity (Wildman–Crippen MR) is 70.6 cm³/mol. The second kappa shape index (κ2) is 5.60. The first-order chi connectivity index (χ1) is 6.14. The van der Waals surface area contributed by atoms with Crippen molar-refractivity contribution in [2.45, 2.75) is 52.6 Å². The minimum Gasteiger partial charge on any atom is -0.439 e. The van der Waals surface area contributed by atoms with Crippen molar-refractivity contribution in [3.05, 3.63) is 6.04 Å². The van der Waals surface area contributed by atoms with E-state index >= 15 is 0 Å². The average Bonchev–Trinajstić information content (AvgIpc) is 1.78. The zero-order valence-electron chi connectivity index (χ0n) is 10.7. The molecule has 0 saturated heterocycles. The van der Waals surface area contributed by atoms with Crippen LogP contribution in [0.4, 0.5) is 0 Å². The molecule has 0 saturated carbocycles. The highest BCUT2D eigenvalue weighted by Crippen LogP contribution is 2.13. The SMILES string of the molecule is CC[CH][SiH](O[Si](C)(C)C)O[Si](C)(C)C. The third-order valence-electron chi connectivity index (χ3n) is 1.37. The van der Waals surface area contributed by atoms with Crippen LogP contribution < -0.4 is 0 Å². The summed E-state index contributed by atoms with van der Waals surface area (Å²) in [6, 6.07) is 2.26. The van der Waals surface area contributed by atoms with Gasteiger partial charge < -0.3 is 8.23 Å². The predicted octanol–water partition coefficient (Wildman–Crippen LogP) is 3.06. The van der Waals surface area contributed by atoms with Crippen LogP contribution >= 0.6 is 0 Å². The Bertz CT molecular complexity index is 144. The summed E-state index contributed by atoms with van der Waals surface area (Å²) in [6.07, 6.45) is 1.06. The quantitative estimate of drug-likeness (QED) is 0.674. The van der Waals surface area contributed by atoms with Crippen LogP contribution in [0.1, 0.15) is 13.3 Å². The largest absolute Gasteiger partial charge is 0.439 e. The van der Waals surface area contributed by atoms with Gasteiger partial charge in [0, 0.05) is 6.04 Å². The fourth-order valence-electron chi connectivity index (χ4n) is 1.01. The Morgan fingerprint density at radius 2 is 1.29 bits per heavy atom. The smallest absolute Gasteiger partial charge is 0.304 e. The van der Waals surface area contributed by atoms with E-state index in [0.717, 1.165) is 6.42 Å². The van der Waals surface area contributed by atoms with Crippen molar-refractivity contribution in [2.24, 2.45) is 0 Å². The van der Waals surface area contributed by atoms with Crippen LogP contribution in [-0.4, -0.2) is 25.9 Å². The molecule has 0 fully saturated rings. The zero-order chi connectivity index (χ0) is 11.4. The van der Waals surface area contributed by atoms with Crippen molar-refractivity contribution in [2.75, 3.05) is 0 Å². The first-order valence-corrected chi connectivity index (χ1v) is 13.8. The lowest BCUT2D eigenvalue weighted by molar-refractivity contribution is 0.427. The number of hydrogen-bond acceptors (Lipinski definition) is 2. The van der Waals surface area contributed by atoms with Gasteiger partial charge in [-0.25, -0.2) is 0 Å². The zero-order valence-corrected chi connectivity index (χ0v) is 13.8. The molecule has 0 aliphatic rings. The van der Waals surface area contributed by atoms with Gasteiger partial charge >= 0.3 is 9.28 Å². The minimum absolute atomic E-state index is 1.06. The molecule has 14 heavy (non-hydrogen) atoms. The molecule has 0 spiro atoms. The first kappa shape index (κ1) is 14.6. The molecule has 0 aliphatic heterocycles. The monoisotopic (exact) mass is 249 g/mol. The second-order valence-corrected chi connectivity index (χ2v) is 17.0. The Morgan fingerprint density at radius 1 is 0.929 bits per heavy atom. The van der Waals surface area contributed by atoms with Gasteiger partial charge in [0.1, 0.15) is 0 Å². The molecule has 0 amide bonds. The van der Waals surface area contributed by atoms with Gasteiger partial charge in [-0.2, -0.15) is 0 Å². The lowest BCUT2D eigenvalue weighted by Gasteiger charge is -2.30. The van der Waals surface area contributed by atoms with E-state index in [-0.39, 0.29) is 0 Å². The molecule has 1 radical (unpaired) electrons. The summed E-state index contributed by atoms with van der Waals surface area (Å²) in [4.78, 5) is 0. The van der Waals surface area contributed by atoms with Crippen molar-refractivity contribution in [3.8, 4) is 0 Å². The van der Waals surface area contributed by atoms with Gasteiger partial charge in [-0.15, -0.1) is 0 Å². The summed E-state index contributed by atoms with van der Waals surface area (Å²) < 4.78 is 12.2. The summed E-state index contributed by atoms with van der Waals surface area (Å²) in [5.74, 6) is 0. The van der Waals surface area contributed by atoms with Crippen LogP contribution in [0.2, 0.25) is 39.3 Å². The normalized spacial score (nSPS) is 13.7. The molecule has 0 rings (SSSR count). The van der Waals surface area contributed by atoms with Crippen LogP contribution in [-0.2, 0) is 8.23 Å². The lowest BCUT2D eigenvalue weighted by Crippen LogP contribution is -2.43. The molecule has 0 aliphatic carbocycles. The average molecular weight is 250 g/mol. The van der Waals surface area contributed by atoms with Gasteiger partial charge in [-0.3, -0.25) is 0 Å². The Hall–Kier alpha value is 0.571. The van der Waals surface area contributed by atoms with Crippen molar-refractivity contribution >= 4 is 25.9 Å². The van der Waals surface area contributed by atoms with Gasteiger partial charge in [-0.05, 0) is 39.3 Å². The Kier molecular flexibility index (Phi) is 5.83. The highest BCUT2D eigenvalue weighted by atomic mass is 28.4. The molecule has 0 N–H and O–H groups in total. The fraction of sp³-hybridized carbons (Fsp3) is 0.889. The molecular formula is C9H25O2Si3. The Labute approximate surface area is 93.1 Å². The first-order valence-electron chi connectivity index (χ1n) is 5.33. The van der Waals surface area contributed by atoms with Crippen molar-refractivity contribution < 1.29 is 8.23 Å². The van der Waals surface area contributed by atoms with Gasteiger partial charge in [0.15, 0.2) is 16.6 Å². The topological polar surface area (TPSA) is 18.5 Å². The summed E-state index contributed by atoms with van der Waals surface area (Å²) >= 11 is 0. The van der Waals surface area contributed by atoms with E-state index in [0.29, 0.717) is 0 Å². The van der Waals surface area contributed by atoms with Gasteiger partial charge in [0.05, 0.1) is 0 Å². The number of rotatable bonds is 6. The third kappa shape index (κ3) is 9.14. The maximum Gasteiger partial charge on any atom is 0.304 e. The van der Waals surface area contributed by atoms with Gasteiger partial charge in [0.2, 0.25) is 0 Å². The fourth-order valence-corrected chi connectivity index (χ4v) is 8.37. The molecule has 85 valence electrons. The van der Waals surface area contributed by atoms with Gasteiger partial charge in [0.25, 0.3) is 0 Å². The highest BCUT2D eigenvalue weighted by molar-refractivity contribution is 6.81. The highest BCUT2D eigenvalue weighted by Gasteiger charge is 2.27. The van der Waals surface area contributed by atoms with Crippen molar-refractivity contribution in [1.29, 1.82) is 0 Å². The molecule has 2 nitrogen and oxygen atoms in total. The second-order valence-electron chi connectivity index (χ2n) is 5.47. The molecular weight excluding hydrogens is 224 g/mol. The molecule has 0 bridgehead atoms. The molecule has 0 aromatic heterocycles. The van der Waals surface area contributed by atoms with E-state index < -0.39 is 25.9 Å². The summed E-state index contributed by atoms with van der Waals surface area (Å²) in [7, 11) is -4.34. The van der Waals surface area contributed by atoms with Crippen LogP contribution in [0.25, 0.3) is 0 Å². The summed E-state index contributed by atoms with van der Waals surface area (Å²) in [6.45, 7) is 15.5. The molecule has 0 aromatic carbocycles. The standard InChI is InChI=1S/C9H25O2Si3/c1-8-9-12(10-13(2,3)4)11-14(5,6)7/h9,12H,8H2,1-7H3. The van der Waals surface area contributed by atoms with E-state index in [4.69, 9.17) is 8.23 Å². The molecule has 0 atom stereocenters. The maximum atomic E-state index is 6.09. The van der Waals surface area contributed by atoms with E-state index in [1.165, 1.54) is 0 Å². The van der Waals surface area contributed by atoms with Crippen LogP contribution in [0.3, 0.4) is 0 Å². The third-order valence-corrected chi connectivity index (χ3v) is 9.74. The lowest BCUT2D eigenvalue weighted by atomic mass is 10.6. The Balaban J connectivity index is 4.16. The number of hydrogen-bond donors (Lipinski definition) is 0. The maximum absolute atomic E-state index is 6.09. The van der Waals surface area contributed by atoms with E-state index in [2.05, 4.69) is 52.2 Å². The van der Waals surface area contributed by atoms with Crippen molar-refractivity contribution in [3.63, 3.8) is 0 Å². The van der Waals surface area contributed by atoms with Crippen LogP contribution in [0, 0.1) is 6.04 Å².